The second kappa shape index (κ2) is 9.54. The Morgan fingerprint density at radius 3 is 1.93 bits per heavy atom. The average molecular weight is 427 g/mol. The molecule has 0 unspecified atom stereocenters. The summed E-state index contributed by atoms with van der Waals surface area (Å²) >= 11 is 0. The molecule has 3 aromatic rings. The standard InChI is InChI=1S/C23H22FNO4S/c1-30(27,28)29-22-13-9-20(10-14-22)17-25(16-19-5-3-2-4-6-19)23(26)15-18-7-11-21(24)12-8-18/h2-14H,15-17H2,1H3. The summed E-state index contributed by atoms with van der Waals surface area (Å²) in [4.78, 5) is 14.7. The maximum Gasteiger partial charge on any atom is 0.306 e. The lowest BCUT2D eigenvalue weighted by Crippen LogP contribution is -2.31. The van der Waals surface area contributed by atoms with E-state index in [1.165, 1.54) is 12.1 Å². The minimum atomic E-state index is -3.60. The molecule has 0 bridgehead atoms. The summed E-state index contributed by atoms with van der Waals surface area (Å²) in [6.45, 7) is 0.760. The molecule has 3 aromatic carbocycles. The maximum atomic E-state index is 13.2. The molecule has 0 radical (unpaired) electrons. The first-order chi connectivity index (χ1) is 14.3. The van der Waals surface area contributed by atoms with E-state index >= 15 is 0 Å². The lowest BCUT2D eigenvalue weighted by atomic mass is 10.1. The predicted molar refractivity (Wildman–Crippen MR) is 113 cm³/mol. The third-order valence-corrected chi connectivity index (χ3v) is 4.88. The summed E-state index contributed by atoms with van der Waals surface area (Å²) in [7, 11) is -3.60. The average Bonchev–Trinajstić information content (AvgIpc) is 2.70. The first kappa shape index (κ1) is 21.5. The van der Waals surface area contributed by atoms with Crippen molar-refractivity contribution in [3.05, 3.63) is 101 Å². The normalized spacial score (nSPS) is 11.1. The Hall–Kier alpha value is -3.19. The fourth-order valence-corrected chi connectivity index (χ4v) is 3.43. The Morgan fingerprint density at radius 2 is 1.37 bits per heavy atom. The van der Waals surface area contributed by atoms with Gasteiger partial charge >= 0.3 is 10.1 Å². The van der Waals surface area contributed by atoms with E-state index in [1.807, 2.05) is 30.3 Å². The molecule has 0 saturated heterocycles. The number of nitrogens with zero attached hydrogens (tertiary/aromatic N) is 1. The molecule has 0 aliphatic carbocycles. The Morgan fingerprint density at radius 1 is 0.833 bits per heavy atom. The number of hydrogen-bond acceptors (Lipinski definition) is 4. The van der Waals surface area contributed by atoms with Gasteiger partial charge in [-0.25, -0.2) is 4.39 Å². The van der Waals surface area contributed by atoms with Crippen molar-refractivity contribution in [2.75, 3.05) is 6.26 Å². The van der Waals surface area contributed by atoms with Gasteiger partial charge in [-0.15, -0.1) is 0 Å². The highest BCUT2D eigenvalue weighted by molar-refractivity contribution is 7.86. The van der Waals surface area contributed by atoms with Gasteiger partial charge in [0.25, 0.3) is 0 Å². The van der Waals surface area contributed by atoms with Crippen LogP contribution in [0.4, 0.5) is 4.39 Å². The second-order valence-electron chi connectivity index (χ2n) is 6.97. The van der Waals surface area contributed by atoms with Crippen molar-refractivity contribution >= 4 is 16.0 Å². The van der Waals surface area contributed by atoms with Crippen molar-refractivity contribution in [2.24, 2.45) is 0 Å². The zero-order chi connectivity index (χ0) is 21.6. The van der Waals surface area contributed by atoms with Crippen molar-refractivity contribution in [3.63, 3.8) is 0 Å². The van der Waals surface area contributed by atoms with Crippen molar-refractivity contribution in [1.82, 2.24) is 4.90 Å². The molecule has 0 fully saturated rings. The van der Waals surface area contributed by atoms with E-state index in [-0.39, 0.29) is 23.9 Å². The summed E-state index contributed by atoms with van der Waals surface area (Å²) in [6.07, 6.45) is 1.14. The number of hydrogen-bond donors (Lipinski definition) is 0. The topological polar surface area (TPSA) is 63.7 Å². The van der Waals surface area contributed by atoms with Gasteiger partial charge in [0, 0.05) is 13.1 Å². The summed E-state index contributed by atoms with van der Waals surface area (Å²) in [5.41, 5.74) is 2.55. The van der Waals surface area contributed by atoms with Gasteiger partial charge in [0.2, 0.25) is 5.91 Å². The maximum absolute atomic E-state index is 13.2. The number of amides is 1. The van der Waals surface area contributed by atoms with E-state index in [9.17, 15) is 17.6 Å². The molecular formula is C23H22FNO4S. The van der Waals surface area contributed by atoms with Gasteiger partial charge in [-0.3, -0.25) is 4.79 Å². The number of benzene rings is 3. The first-order valence-corrected chi connectivity index (χ1v) is 11.1. The van der Waals surface area contributed by atoms with E-state index in [2.05, 4.69) is 0 Å². The van der Waals surface area contributed by atoms with Gasteiger partial charge in [0.05, 0.1) is 12.7 Å². The summed E-state index contributed by atoms with van der Waals surface area (Å²) in [5.74, 6) is -0.223. The fraction of sp³-hybridized carbons (Fsp3) is 0.174. The van der Waals surface area contributed by atoms with E-state index < -0.39 is 10.1 Å². The molecule has 0 aliphatic rings. The molecule has 0 aromatic heterocycles. The predicted octanol–water partition coefficient (Wildman–Crippen LogP) is 3.94. The van der Waals surface area contributed by atoms with Crippen LogP contribution in [0.1, 0.15) is 16.7 Å². The smallest absolute Gasteiger partial charge is 0.306 e. The highest BCUT2D eigenvalue weighted by Gasteiger charge is 2.16. The Bertz CT molecular complexity index is 1080. The van der Waals surface area contributed by atoms with E-state index in [0.29, 0.717) is 13.1 Å². The molecule has 0 N–H and O–H groups in total. The van der Waals surface area contributed by atoms with Gasteiger partial charge in [-0.2, -0.15) is 8.42 Å². The Balaban J connectivity index is 1.76. The molecule has 0 aliphatic heterocycles. The van der Waals surface area contributed by atoms with Crippen LogP contribution in [-0.4, -0.2) is 25.5 Å². The van der Waals surface area contributed by atoms with Crippen LogP contribution in [0.2, 0.25) is 0 Å². The SMILES string of the molecule is CS(=O)(=O)Oc1ccc(CN(Cc2ccccc2)C(=O)Cc2ccc(F)cc2)cc1. The Kier molecular flexibility index (Phi) is 6.84. The summed E-state index contributed by atoms with van der Waals surface area (Å²) < 4.78 is 40.5. The van der Waals surface area contributed by atoms with Crippen LogP contribution in [0.25, 0.3) is 0 Å². The molecule has 3 rings (SSSR count). The number of carbonyl (C=O) groups is 1. The van der Waals surface area contributed by atoms with Gasteiger partial charge in [0.15, 0.2) is 0 Å². The van der Waals surface area contributed by atoms with Crippen molar-refractivity contribution in [2.45, 2.75) is 19.5 Å². The minimum Gasteiger partial charge on any atom is -0.383 e. The third kappa shape index (κ3) is 6.70. The first-order valence-electron chi connectivity index (χ1n) is 9.33. The molecule has 156 valence electrons. The van der Waals surface area contributed by atoms with Crippen LogP contribution in [0, 0.1) is 5.82 Å². The lowest BCUT2D eigenvalue weighted by Gasteiger charge is -2.23. The monoisotopic (exact) mass is 427 g/mol. The van der Waals surface area contributed by atoms with Gasteiger partial charge in [-0.1, -0.05) is 54.6 Å². The van der Waals surface area contributed by atoms with Crippen molar-refractivity contribution < 1.29 is 21.8 Å². The second-order valence-corrected chi connectivity index (χ2v) is 8.54. The van der Waals surface area contributed by atoms with Gasteiger partial charge in [-0.05, 0) is 41.0 Å². The number of carbonyl (C=O) groups excluding carboxylic acids is 1. The van der Waals surface area contributed by atoms with Gasteiger partial charge in [0.1, 0.15) is 11.6 Å². The molecular weight excluding hydrogens is 405 g/mol. The Labute approximate surface area is 175 Å². The summed E-state index contributed by atoms with van der Waals surface area (Å²) in [5, 5.41) is 0. The molecule has 1 amide bonds. The zero-order valence-electron chi connectivity index (χ0n) is 16.5. The van der Waals surface area contributed by atoms with E-state index in [4.69, 9.17) is 4.18 Å². The zero-order valence-corrected chi connectivity index (χ0v) is 17.3. The highest BCUT2D eigenvalue weighted by atomic mass is 32.2. The molecule has 0 saturated carbocycles. The van der Waals surface area contributed by atoms with Crippen molar-refractivity contribution in [3.8, 4) is 5.75 Å². The number of rotatable bonds is 8. The van der Waals surface area contributed by atoms with E-state index in [1.54, 1.807) is 41.3 Å². The minimum absolute atomic E-state index is 0.0954. The number of halogens is 1. The van der Waals surface area contributed by atoms with Gasteiger partial charge < -0.3 is 9.08 Å². The largest absolute Gasteiger partial charge is 0.383 e. The van der Waals surface area contributed by atoms with Crippen LogP contribution in [0.15, 0.2) is 78.9 Å². The third-order valence-electron chi connectivity index (χ3n) is 4.38. The molecule has 7 heteroatoms. The molecule has 0 atom stereocenters. The molecule has 0 heterocycles. The fourth-order valence-electron chi connectivity index (χ4n) is 2.97. The van der Waals surface area contributed by atoms with Crippen LogP contribution < -0.4 is 4.18 Å². The van der Waals surface area contributed by atoms with Crippen LogP contribution in [0.5, 0.6) is 5.75 Å². The van der Waals surface area contributed by atoms with Crippen LogP contribution in [0.3, 0.4) is 0 Å². The summed E-state index contributed by atoms with van der Waals surface area (Å²) in [6, 6.07) is 22.1. The van der Waals surface area contributed by atoms with E-state index in [0.717, 1.165) is 22.9 Å². The highest BCUT2D eigenvalue weighted by Crippen LogP contribution is 2.17. The molecule has 30 heavy (non-hydrogen) atoms. The van der Waals surface area contributed by atoms with Crippen LogP contribution >= 0.6 is 0 Å². The van der Waals surface area contributed by atoms with Crippen LogP contribution in [-0.2, 0) is 34.4 Å². The lowest BCUT2D eigenvalue weighted by molar-refractivity contribution is -0.131. The quantitative estimate of drug-likeness (QED) is 0.511. The molecule has 5 nitrogen and oxygen atoms in total. The molecule has 0 spiro atoms. The van der Waals surface area contributed by atoms with Crippen molar-refractivity contribution in [1.29, 1.82) is 0 Å².